The van der Waals surface area contributed by atoms with Crippen LogP contribution in [0.1, 0.15) is 58.1 Å². The molecule has 3 N–H and O–H groups in total. The van der Waals surface area contributed by atoms with Crippen LogP contribution in [0.25, 0.3) is 0 Å². The number of rotatable bonds is 4. The van der Waals surface area contributed by atoms with E-state index in [0.29, 0.717) is 5.92 Å². The zero-order valence-electron chi connectivity index (χ0n) is 13.2. The molecule has 0 spiro atoms. The molecular weight excluding hydrogens is 286 g/mol. The predicted octanol–water partition coefficient (Wildman–Crippen LogP) is 3.84. The Kier molecular flexibility index (Phi) is 6.51. The Morgan fingerprint density at radius 3 is 2.14 bits per heavy atom. The van der Waals surface area contributed by atoms with Gasteiger partial charge in [-0.15, -0.1) is 12.4 Å². The van der Waals surface area contributed by atoms with Gasteiger partial charge in [0.2, 0.25) is 0 Å². The van der Waals surface area contributed by atoms with E-state index in [1.807, 2.05) is 45.0 Å². The predicted molar refractivity (Wildman–Crippen MR) is 89.0 cm³/mol. The van der Waals surface area contributed by atoms with Crippen LogP contribution in [0.2, 0.25) is 0 Å². The average molecular weight is 314 g/mol. The van der Waals surface area contributed by atoms with Crippen molar-refractivity contribution in [3.63, 3.8) is 0 Å². The Hall–Kier alpha value is -0.770. The maximum absolute atomic E-state index is 10.4. The Morgan fingerprint density at radius 1 is 1.14 bits per heavy atom. The van der Waals surface area contributed by atoms with Gasteiger partial charge in [-0.3, -0.25) is 0 Å². The van der Waals surface area contributed by atoms with Crippen LogP contribution in [-0.4, -0.2) is 16.8 Å². The molecule has 1 aromatic carbocycles. The van der Waals surface area contributed by atoms with Crippen molar-refractivity contribution >= 4 is 12.4 Å². The summed E-state index contributed by atoms with van der Waals surface area (Å²) < 4.78 is 5.79. The first-order chi connectivity index (χ1) is 9.37. The van der Waals surface area contributed by atoms with Crippen molar-refractivity contribution in [1.82, 2.24) is 0 Å². The summed E-state index contributed by atoms with van der Waals surface area (Å²) >= 11 is 0. The Morgan fingerprint density at radius 2 is 1.67 bits per heavy atom. The molecule has 0 amide bonds. The molecule has 2 rings (SSSR count). The van der Waals surface area contributed by atoms with E-state index >= 15 is 0 Å². The van der Waals surface area contributed by atoms with Crippen LogP contribution in [0.4, 0.5) is 0 Å². The summed E-state index contributed by atoms with van der Waals surface area (Å²) in [5.74, 6) is 1.19. The second-order valence-electron chi connectivity index (χ2n) is 6.84. The van der Waals surface area contributed by atoms with Crippen molar-refractivity contribution in [2.45, 2.75) is 64.2 Å². The van der Waals surface area contributed by atoms with E-state index in [2.05, 4.69) is 0 Å². The van der Waals surface area contributed by atoms with Gasteiger partial charge in [0, 0.05) is 0 Å². The molecule has 1 aliphatic rings. The third-order valence-electron chi connectivity index (χ3n) is 3.94. The van der Waals surface area contributed by atoms with Gasteiger partial charge in [-0.1, -0.05) is 25.0 Å². The zero-order valence-corrected chi connectivity index (χ0v) is 14.0. The van der Waals surface area contributed by atoms with E-state index < -0.39 is 6.10 Å². The average Bonchev–Trinajstić information content (AvgIpc) is 2.90. The molecule has 0 aliphatic heterocycles. The van der Waals surface area contributed by atoms with Crippen molar-refractivity contribution in [2.75, 3.05) is 0 Å². The maximum Gasteiger partial charge on any atom is 0.120 e. The standard InChI is InChI=1S/C17H27NO2.ClH/c1-17(2,3)20-14-10-8-12(9-11-14)15(18)16(19)13-6-4-5-7-13;/h8-11,13,15-16,19H,4-7,18H2,1-3H3;1H/t15-,16+;/m0./s1. The number of aliphatic hydroxyl groups excluding tert-OH is 1. The number of benzene rings is 1. The molecule has 0 unspecified atom stereocenters. The van der Waals surface area contributed by atoms with Gasteiger partial charge in [0.1, 0.15) is 11.4 Å². The third kappa shape index (κ3) is 5.17. The van der Waals surface area contributed by atoms with Crippen LogP contribution in [-0.2, 0) is 0 Å². The molecule has 1 fully saturated rings. The Bertz CT molecular complexity index is 421. The van der Waals surface area contributed by atoms with Crippen LogP contribution in [0, 0.1) is 5.92 Å². The lowest BCUT2D eigenvalue weighted by Gasteiger charge is -2.25. The molecule has 0 saturated heterocycles. The van der Waals surface area contributed by atoms with Gasteiger partial charge in [0.25, 0.3) is 0 Å². The van der Waals surface area contributed by atoms with Crippen LogP contribution in [0.5, 0.6) is 5.75 Å². The topological polar surface area (TPSA) is 55.5 Å². The molecule has 0 aromatic heterocycles. The molecule has 1 aromatic rings. The van der Waals surface area contributed by atoms with Gasteiger partial charge in [-0.25, -0.2) is 0 Å². The number of aliphatic hydroxyl groups is 1. The zero-order chi connectivity index (χ0) is 14.8. The summed E-state index contributed by atoms with van der Waals surface area (Å²) in [5, 5.41) is 10.4. The van der Waals surface area contributed by atoms with E-state index in [4.69, 9.17) is 10.5 Å². The van der Waals surface area contributed by atoms with Crippen LogP contribution >= 0.6 is 12.4 Å². The third-order valence-corrected chi connectivity index (χ3v) is 3.94. The van der Waals surface area contributed by atoms with Crippen molar-refractivity contribution < 1.29 is 9.84 Å². The number of halogens is 1. The van der Waals surface area contributed by atoms with Gasteiger partial charge in [0.05, 0.1) is 12.1 Å². The van der Waals surface area contributed by atoms with Crippen molar-refractivity contribution in [2.24, 2.45) is 11.7 Å². The van der Waals surface area contributed by atoms with Crippen molar-refractivity contribution in [3.8, 4) is 5.75 Å². The smallest absolute Gasteiger partial charge is 0.120 e. The first kappa shape index (κ1) is 18.3. The molecular formula is C17H28ClNO2. The SMILES string of the molecule is CC(C)(C)Oc1ccc([C@H](N)[C@H](O)C2CCCC2)cc1.Cl. The van der Waals surface area contributed by atoms with E-state index in [-0.39, 0.29) is 24.0 Å². The fraction of sp³-hybridized carbons (Fsp3) is 0.647. The monoisotopic (exact) mass is 313 g/mol. The molecule has 2 atom stereocenters. The minimum atomic E-state index is -0.438. The minimum Gasteiger partial charge on any atom is -0.488 e. The Balaban J connectivity index is 0.00000220. The summed E-state index contributed by atoms with van der Waals surface area (Å²) in [4.78, 5) is 0. The number of hydrogen-bond donors (Lipinski definition) is 2. The second kappa shape index (κ2) is 7.48. The molecule has 1 saturated carbocycles. The lowest BCUT2D eigenvalue weighted by atomic mass is 9.91. The van der Waals surface area contributed by atoms with Crippen LogP contribution in [0.3, 0.4) is 0 Å². The molecule has 0 bridgehead atoms. The van der Waals surface area contributed by atoms with Gasteiger partial charge in [-0.2, -0.15) is 0 Å². The van der Waals surface area contributed by atoms with E-state index in [1.54, 1.807) is 0 Å². The lowest BCUT2D eigenvalue weighted by molar-refractivity contribution is 0.0843. The van der Waals surface area contributed by atoms with Crippen LogP contribution < -0.4 is 10.5 Å². The molecule has 21 heavy (non-hydrogen) atoms. The van der Waals surface area contributed by atoms with Gasteiger partial charge >= 0.3 is 0 Å². The van der Waals surface area contributed by atoms with Crippen LogP contribution in [0.15, 0.2) is 24.3 Å². The number of nitrogens with two attached hydrogens (primary N) is 1. The number of hydrogen-bond acceptors (Lipinski definition) is 3. The second-order valence-corrected chi connectivity index (χ2v) is 6.84. The van der Waals surface area contributed by atoms with Gasteiger partial charge in [0.15, 0.2) is 0 Å². The fourth-order valence-corrected chi connectivity index (χ4v) is 2.90. The molecule has 1 aliphatic carbocycles. The quantitative estimate of drug-likeness (QED) is 0.888. The molecule has 0 heterocycles. The first-order valence-corrected chi connectivity index (χ1v) is 7.59. The highest BCUT2D eigenvalue weighted by Crippen LogP contribution is 2.33. The van der Waals surface area contributed by atoms with Crippen molar-refractivity contribution in [1.29, 1.82) is 0 Å². The highest BCUT2D eigenvalue weighted by molar-refractivity contribution is 5.85. The van der Waals surface area contributed by atoms with Gasteiger partial charge < -0.3 is 15.6 Å². The fourth-order valence-electron chi connectivity index (χ4n) is 2.90. The maximum atomic E-state index is 10.4. The highest BCUT2D eigenvalue weighted by atomic mass is 35.5. The summed E-state index contributed by atoms with van der Waals surface area (Å²) in [6.45, 7) is 6.07. The van der Waals surface area contributed by atoms with Crippen molar-refractivity contribution in [3.05, 3.63) is 29.8 Å². The minimum absolute atomic E-state index is 0. The normalized spacial score (nSPS) is 18.9. The van der Waals surface area contributed by atoms with E-state index in [9.17, 15) is 5.11 Å². The summed E-state index contributed by atoms with van der Waals surface area (Å²) in [7, 11) is 0. The molecule has 120 valence electrons. The highest BCUT2D eigenvalue weighted by Gasteiger charge is 2.28. The summed E-state index contributed by atoms with van der Waals surface area (Å²) in [6, 6.07) is 7.49. The van der Waals surface area contributed by atoms with Gasteiger partial charge in [-0.05, 0) is 57.2 Å². The first-order valence-electron chi connectivity index (χ1n) is 7.59. The van der Waals surface area contributed by atoms with E-state index in [1.165, 1.54) is 12.8 Å². The molecule has 4 heteroatoms. The molecule has 3 nitrogen and oxygen atoms in total. The Labute approximate surface area is 134 Å². The summed E-state index contributed by atoms with van der Waals surface area (Å²) in [5.41, 5.74) is 6.98. The summed E-state index contributed by atoms with van der Waals surface area (Å²) in [6.07, 6.45) is 4.19. The molecule has 0 radical (unpaired) electrons. The lowest BCUT2D eigenvalue weighted by Crippen LogP contribution is -2.31. The largest absolute Gasteiger partial charge is 0.488 e. The van der Waals surface area contributed by atoms with E-state index in [0.717, 1.165) is 24.2 Å². The number of ether oxygens (including phenoxy) is 1.